The number of ether oxygens (including phenoxy) is 1. The Bertz CT molecular complexity index is 771. The lowest BCUT2D eigenvalue weighted by Gasteiger charge is -2.24. The van der Waals surface area contributed by atoms with E-state index in [1.807, 2.05) is 43.3 Å². The molecule has 0 spiro atoms. The lowest BCUT2D eigenvalue weighted by atomic mass is 9.85. The first-order valence-corrected chi connectivity index (χ1v) is 8.06. The highest BCUT2D eigenvalue weighted by atomic mass is 19.4. The van der Waals surface area contributed by atoms with Crippen LogP contribution in [0.1, 0.15) is 36.0 Å². The van der Waals surface area contributed by atoms with E-state index in [0.717, 1.165) is 34.6 Å². The van der Waals surface area contributed by atoms with Crippen molar-refractivity contribution in [2.45, 2.75) is 32.0 Å². The molecule has 1 aliphatic rings. The van der Waals surface area contributed by atoms with Crippen LogP contribution in [0.2, 0.25) is 0 Å². The number of halogens is 3. The third-order valence-corrected chi connectivity index (χ3v) is 4.30. The molecule has 4 heteroatoms. The Morgan fingerprint density at radius 1 is 1.04 bits per heavy atom. The van der Waals surface area contributed by atoms with Gasteiger partial charge in [-0.25, -0.2) is 0 Å². The van der Waals surface area contributed by atoms with Gasteiger partial charge in [0.05, 0.1) is 11.3 Å². The second-order valence-corrected chi connectivity index (χ2v) is 6.09. The molecule has 1 aliphatic carbocycles. The summed E-state index contributed by atoms with van der Waals surface area (Å²) in [6.45, 7) is 2.40. The summed E-state index contributed by atoms with van der Waals surface area (Å²) in [6, 6.07) is 15.2. The molecular weight excluding hydrogens is 325 g/mol. The summed E-state index contributed by atoms with van der Waals surface area (Å²) in [4.78, 5) is 0. The molecule has 0 aliphatic heterocycles. The Balaban J connectivity index is 1.69. The summed E-state index contributed by atoms with van der Waals surface area (Å²) in [5.74, 6) is 0.775. The van der Waals surface area contributed by atoms with Crippen molar-refractivity contribution in [3.63, 3.8) is 0 Å². The Kier molecular flexibility index (Phi) is 4.98. The number of alkyl halides is 3. The SMILES string of the molecule is CC1=[C]C=C(OCc2ccccc2)CC1c1ccc(C(F)(F)F)cc1. The minimum atomic E-state index is -4.31. The highest BCUT2D eigenvalue weighted by molar-refractivity contribution is 5.35. The van der Waals surface area contributed by atoms with Crippen molar-refractivity contribution in [3.8, 4) is 0 Å². The van der Waals surface area contributed by atoms with Crippen LogP contribution in [0, 0.1) is 6.08 Å². The molecule has 0 saturated carbocycles. The standard InChI is InChI=1S/C21H18F3O/c1-15-7-12-19(25-14-16-5-3-2-4-6-16)13-20(15)17-8-10-18(11-9-17)21(22,23)24/h2-6,8-12,20H,13-14H2,1H3. The van der Waals surface area contributed by atoms with Gasteiger partial charge in [-0.3, -0.25) is 0 Å². The van der Waals surface area contributed by atoms with Gasteiger partial charge in [0.2, 0.25) is 0 Å². The number of hydrogen-bond donors (Lipinski definition) is 0. The highest BCUT2D eigenvalue weighted by Gasteiger charge is 2.30. The van der Waals surface area contributed by atoms with E-state index in [0.29, 0.717) is 13.0 Å². The molecule has 0 aromatic heterocycles. The van der Waals surface area contributed by atoms with Crippen molar-refractivity contribution in [3.05, 3.63) is 94.8 Å². The van der Waals surface area contributed by atoms with E-state index in [2.05, 4.69) is 6.08 Å². The van der Waals surface area contributed by atoms with Crippen LogP contribution < -0.4 is 0 Å². The molecular formula is C21H18F3O. The zero-order valence-electron chi connectivity index (χ0n) is 13.8. The molecule has 25 heavy (non-hydrogen) atoms. The molecule has 1 radical (unpaired) electrons. The zero-order valence-corrected chi connectivity index (χ0v) is 13.8. The van der Waals surface area contributed by atoms with Gasteiger partial charge < -0.3 is 4.74 Å². The molecule has 0 amide bonds. The predicted octanol–water partition coefficient (Wildman–Crippen LogP) is 6.04. The van der Waals surface area contributed by atoms with Crippen LogP contribution in [0.15, 0.2) is 72.0 Å². The quantitative estimate of drug-likeness (QED) is 0.657. The van der Waals surface area contributed by atoms with Gasteiger partial charge >= 0.3 is 6.18 Å². The molecule has 0 saturated heterocycles. The third-order valence-electron chi connectivity index (χ3n) is 4.30. The largest absolute Gasteiger partial charge is 0.493 e. The van der Waals surface area contributed by atoms with Crippen molar-refractivity contribution in [2.75, 3.05) is 0 Å². The highest BCUT2D eigenvalue weighted by Crippen LogP contribution is 2.36. The number of benzene rings is 2. The van der Waals surface area contributed by atoms with Gasteiger partial charge in [0, 0.05) is 12.3 Å². The first-order valence-electron chi connectivity index (χ1n) is 8.06. The minimum absolute atomic E-state index is 0.0157. The minimum Gasteiger partial charge on any atom is -0.493 e. The Hall–Kier alpha value is -2.49. The lowest BCUT2D eigenvalue weighted by molar-refractivity contribution is -0.137. The second-order valence-electron chi connectivity index (χ2n) is 6.09. The van der Waals surface area contributed by atoms with Gasteiger partial charge in [0.25, 0.3) is 0 Å². The number of allylic oxidation sites excluding steroid dienone is 4. The summed E-state index contributed by atoms with van der Waals surface area (Å²) < 4.78 is 44.0. The van der Waals surface area contributed by atoms with Gasteiger partial charge in [0.1, 0.15) is 6.61 Å². The van der Waals surface area contributed by atoms with Crippen molar-refractivity contribution in [1.29, 1.82) is 0 Å². The molecule has 1 nitrogen and oxygen atoms in total. The van der Waals surface area contributed by atoms with Gasteiger partial charge in [-0.2, -0.15) is 13.2 Å². The normalized spacial score (nSPS) is 17.7. The summed E-state index contributed by atoms with van der Waals surface area (Å²) in [6.07, 6.45) is 1.30. The van der Waals surface area contributed by atoms with Gasteiger partial charge in [-0.05, 0) is 42.3 Å². The average Bonchev–Trinajstić information content (AvgIpc) is 2.61. The summed E-state index contributed by atoms with van der Waals surface area (Å²) in [7, 11) is 0. The van der Waals surface area contributed by atoms with E-state index in [1.54, 1.807) is 12.1 Å². The van der Waals surface area contributed by atoms with Crippen molar-refractivity contribution < 1.29 is 17.9 Å². The van der Waals surface area contributed by atoms with Crippen LogP contribution in [0.3, 0.4) is 0 Å². The van der Waals surface area contributed by atoms with Gasteiger partial charge in [-0.15, -0.1) is 0 Å². The predicted molar refractivity (Wildman–Crippen MR) is 90.5 cm³/mol. The van der Waals surface area contributed by atoms with Gasteiger partial charge in [0.15, 0.2) is 0 Å². The van der Waals surface area contributed by atoms with E-state index >= 15 is 0 Å². The molecule has 1 atom stereocenters. The van der Waals surface area contributed by atoms with Crippen molar-refractivity contribution in [1.82, 2.24) is 0 Å². The summed E-state index contributed by atoms with van der Waals surface area (Å²) >= 11 is 0. The van der Waals surface area contributed by atoms with Crippen LogP contribution in [-0.2, 0) is 17.5 Å². The van der Waals surface area contributed by atoms with E-state index in [-0.39, 0.29) is 5.92 Å². The Morgan fingerprint density at radius 2 is 1.72 bits per heavy atom. The van der Waals surface area contributed by atoms with Crippen LogP contribution in [0.4, 0.5) is 13.2 Å². The van der Waals surface area contributed by atoms with E-state index in [9.17, 15) is 13.2 Å². The Morgan fingerprint density at radius 3 is 2.36 bits per heavy atom. The van der Waals surface area contributed by atoms with Crippen LogP contribution >= 0.6 is 0 Å². The molecule has 0 bridgehead atoms. The smallest absolute Gasteiger partial charge is 0.416 e. The third kappa shape index (κ3) is 4.32. The monoisotopic (exact) mass is 343 g/mol. The van der Waals surface area contributed by atoms with Crippen molar-refractivity contribution in [2.24, 2.45) is 0 Å². The maximum Gasteiger partial charge on any atom is 0.416 e. The zero-order chi connectivity index (χ0) is 17.9. The summed E-state index contributed by atoms with van der Waals surface area (Å²) in [5.41, 5.74) is 2.27. The molecule has 2 aromatic rings. The van der Waals surface area contributed by atoms with Crippen LogP contribution in [0.25, 0.3) is 0 Å². The molecule has 0 fully saturated rings. The molecule has 0 N–H and O–H groups in total. The topological polar surface area (TPSA) is 9.23 Å². The second kappa shape index (κ2) is 7.18. The van der Waals surface area contributed by atoms with Gasteiger partial charge in [-0.1, -0.05) is 48.0 Å². The Labute approximate surface area is 145 Å². The molecule has 2 aromatic carbocycles. The van der Waals surface area contributed by atoms with E-state index in [4.69, 9.17) is 4.74 Å². The van der Waals surface area contributed by atoms with E-state index < -0.39 is 11.7 Å². The molecule has 0 heterocycles. The average molecular weight is 343 g/mol. The lowest BCUT2D eigenvalue weighted by Crippen LogP contribution is -2.10. The van der Waals surface area contributed by atoms with Crippen molar-refractivity contribution >= 4 is 0 Å². The van der Waals surface area contributed by atoms with Crippen LogP contribution in [0.5, 0.6) is 0 Å². The first kappa shape index (κ1) is 17.3. The van der Waals surface area contributed by atoms with E-state index in [1.165, 1.54) is 0 Å². The molecule has 1 unspecified atom stereocenters. The molecule has 3 rings (SSSR count). The summed E-state index contributed by atoms with van der Waals surface area (Å²) in [5, 5.41) is 0. The fraction of sp³-hybridized carbons (Fsp3) is 0.238. The number of rotatable bonds is 4. The first-order chi connectivity index (χ1) is 11.9. The van der Waals surface area contributed by atoms with Crippen LogP contribution in [-0.4, -0.2) is 0 Å². The fourth-order valence-corrected chi connectivity index (χ4v) is 2.83. The fourth-order valence-electron chi connectivity index (χ4n) is 2.83. The maximum atomic E-state index is 12.7. The maximum absolute atomic E-state index is 12.7. The molecule has 129 valence electrons. The number of hydrogen-bond acceptors (Lipinski definition) is 1.